The molecular weight excluding hydrogens is 529 g/mol. The molecule has 1 aromatic rings. The van der Waals surface area contributed by atoms with Crippen LogP contribution >= 0.6 is 24.0 Å². The van der Waals surface area contributed by atoms with E-state index in [4.69, 9.17) is 4.74 Å². The average Bonchev–Trinajstić information content (AvgIpc) is 3.28. The second-order valence-corrected chi connectivity index (χ2v) is 8.79. The van der Waals surface area contributed by atoms with Crippen LogP contribution in [0.5, 0.6) is 0 Å². The average molecular weight is 572 g/mol. The van der Waals surface area contributed by atoms with Crippen LogP contribution in [0.2, 0.25) is 0 Å². The van der Waals surface area contributed by atoms with Gasteiger partial charge in [-0.2, -0.15) is 0 Å². The molecule has 0 saturated carbocycles. The van der Waals surface area contributed by atoms with E-state index < -0.39 is 0 Å². The van der Waals surface area contributed by atoms with Gasteiger partial charge in [0.15, 0.2) is 5.96 Å². The van der Waals surface area contributed by atoms with Gasteiger partial charge in [-0.15, -0.1) is 24.0 Å². The van der Waals surface area contributed by atoms with Crippen LogP contribution in [-0.2, 0) is 22.6 Å². The largest absolute Gasteiger partial charge is 0.379 e. The van der Waals surface area contributed by atoms with Crippen molar-refractivity contribution in [3.63, 3.8) is 0 Å². The molecule has 8 heteroatoms. The van der Waals surface area contributed by atoms with E-state index in [1.54, 1.807) is 0 Å². The van der Waals surface area contributed by atoms with Crippen molar-refractivity contribution in [1.29, 1.82) is 0 Å². The lowest BCUT2D eigenvalue weighted by molar-refractivity contribution is -0.131. The Morgan fingerprint density at radius 1 is 1.09 bits per heavy atom. The number of nitrogens with zero attached hydrogens (tertiary/aromatic N) is 3. The number of amides is 1. The molecule has 0 aromatic heterocycles. The lowest BCUT2D eigenvalue weighted by Crippen LogP contribution is -2.53. The number of hydrogen-bond donors (Lipinski definition) is 2. The van der Waals surface area contributed by atoms with Gasteiger partial charge >= 0.3 is 0 Å². The fourth-order valence-electron chi connectivity index (χ4n) is 4.87. The normalized spacial score (nSPS) is 17.5. The lowest BCUT2D eigenvalue weighted by atomic mass is 9.92. The molecule has 2 aliphatic rings. The maximum absolute atomic E-state index is 12.6. The minimum atomic E-state index is 0. The maximum atomic E-state index is 12.6. The van der Waals surface area contributed by atoms with E-state index in [2.05, 4.69) is 46.5 Å². The summed E-state index contributed by atoms with van der Waals surface area (Å²) in [6.07, 6.45) is 3.71. The molecule has 1 aromatic carbocycles. The number of rotatable bonds is 10. The van der Waals surface area contributed by atoms with Crippen LogP contribution in [-0.4, -0.2) is 74.1 Å². The van der Waals surface area contributed by atoms with Gasteiger partial charge in [-0.25, -0.2) is 0 Å². The van der Waals surface area contributed by atoms with Crippen molar-refractivity contribution in [2.24, 2.45) is 10.9 Å². The highest BCUT2D eigenvalue weighted by Crippen LogP contribution is 2.23. The van der Waals surface area contributed by atoms with Gasteiger partial charge in [0.05, 0.1) is 13.2 Å². The topological polar surface area (TPSA) is 69.2 Å². The molecule has 0 spiro atoms. The molecule has 0 bridgehead atoms. The predicted molar refractivity (Wildman–Crippen MR) is 145 cm³/mol. The molecule has 3 rings (SSSR count). The number of fused-ring (bicyclic) bond motifs is 1. The third kappa shape index (κ3) is 8.10. The van der Waals surface area contributed by atoms with Gasteiger partial charge in [0.2, 0.25) is 5.91 Å². The van der Waals surface area contributed by atoms with Crippen molar-refractivity contribution in [3.05, 3.63) is 35.4 Å². The van der Waals surface area contributed by atoms with Crippen LogP contribution in [0.25, 0.3) is 0 Å². The van der Waals surface area contributed by atoms with Crippen molar-refractivity contribution in [1.82, 2.24) is 20.4 Å². The molecule has 1 unspecified atom stereocenters. The summed E-state index contributed by atoms with van der Waals surface area (Å²) in [5.74, 6) is 1.70. The first kappa shape index (κ1) is 27.9. The third-order valence-corrected chi connectivity index (χ3v) is 6.86. The SMILES string of the molecule is CCC(CC)C(CNC(=NC)NCCCC(=O)N1Cc2ccccc2C1)N1CCOCC1.I. The minimum Gasteiger partial charge on any atom is -0.379 e. The molecule has 1 fully saturated rings. The van der Waals surface area contributed by atoms with Crippen LogP contribution in [0.3, 0.4) is 0 Å². The summed E-state index contributed by atoms with van der Waals surface area (Å²) in [5.41, 5.74) is 2.55. The summed E-state index contributed by atoms with van der Waals surface area (Å²) >= 11 is 0. The Hall–Kier alpha value is -1.39. The van der Waals surface area contributed by atoms with Crippen molar-refractivity contribution in [2.75, 3.05) is 46.4 Å². The van der Waals surface area contributed by atoms with Crippen molar-refractivity contribution in [2.45, 2.75) is 58.7 Å². The second kappa shape index (κ2) is 14.8. The fraction of sp³-hybridized carbons (Fsp3) is 0.680. The van der Waals surface area contributed by atoms with Crippen molar-refractivity contribution in [3.8, 4) is 0 Å². The number of hydrogen-bond acceptors (Lipinski definition) is 4. The van der Waals surface area contributed by atoms with Crippen LogP contribution in [0, 0.1) is 5.92 Å². The molecule has 186 valence electrons. The van der Waals surface area contributed by atoms with Gasteiger partial charge in [0.25, 0.3) is 0 Å². The number of guanidine groups is 1. The number of ether oxygens (including phenoxy) is 1. The Morgan fingerprint density at radius 3 is 2.30 bits per heavy atom. The number of aliphatic imine (C=N–C) groups is 1. The smallest absolute Gasteiger partial charge is 0.223 e. The molecular formula is C25H42IN5O2. The number of carbonyl (C=O) groups is 1. The van der Waals surface area contributed by atoms with E-state index in [1.165, 1.54) is 24.0 Å². The van der Waals surface area contributed by atoms with Crippen LogP contribution in [0.4, 0.5) is 0 Å². The lowest BCUT2D eigenvalue weighted by Gasteiger charge is -2.39. The van der Waals surface area contributed by atoms with E-state index in [9.17, 15) is 4.79 Å². The van der Waals surface area contributed by atoms with E-state index in [1.807, 2.05) is 24.1 Å². The molecule has 2 aliphatic heterocycles. The van der Waals surface area contributed by atoms with Crippen molar-refractivity contribution < 1.29 is 9.53 Å². The van der Waals surface area contributed by atoms with Crippen LogP contribution in [0.15, 0.2) is 29.3 Å². The van der Waals surface area contributed by atoms with Gasteiger partial charge in [0.1, 0.15) is 0 Å². The molecule has 0 radical (unpaired) electrons. The Bertz CT molecular complexity index is 725. The van der Waals surface area contributed by atoms with Gasteiger partial charge in [-0.3, -0.25) is 14.7 Å². The first-order valence-electron chi connectivity index (χ1n) is 12.3. The molecule has 1 atom stereocenters. The Balaban J connectivity index is 0.00000385. The Morgan fingerprint density at radius 2 is 1.73 bits per heavy atom. The molecule has 0 aliphatic carbocycles. The molecule has 2 heterocycles. The Kier molecular flexibility index (Phi) is 12.5. The van der Waals surface area contributed by atoms with E-state index in [0.717, 1.165) is 64.9 Å². The summed E-state index contributed by atoms with van der Waals surface area (Å²) in [4.78, 5) is 21.5. The summed E-state index contributed by atoms with van der Waals surface area (Å²) in [7, 11) is 1.81. The number of nitrogens with one attached hydrogen (secondary N) is 2. The molecule has 1 saturated heterocycles. The van der Waals surface area contributed by atoms with Crippen LogP contribution in [0.1, 0.15) is 50.7 Å². The summed E-state index contributed by atoms with van der Waals surface area (Å²) in [6.45, 7) is 11.3. The zero-order valence-corrected chi connectivity index (χ0v) is 22.8. The number of morpholine rings is 1. The van der Waals surface area contributed by atoms with Gasteiger partial charge in [-0.05, 0) is 23.5 Å². The van der Waals surface area contributed by atoms with E-state index >= 15 is 0 Å². The number of carbonyl (C=O) groups excluding carboxylic acids is 1. The van der Waals surface area contributed by atoms with E-state index in [0.29, 0.717) is 18.4 Å². The zero-order valence-electron chi connectivity index (χ0n) is 20.5. The quantitative estimate of drug-likeness (QED) is 0.196. The van der Waals surface area contributed by atoms with Gasteiger partial charge < -0.3 is 20.3 Å². The summed E-state index contributed by atoms with van der Waals surface area (Å²) in [5, 5.41) is 6.92. The first-order valence-corrected chi connectivity index (χ1v) is 12.3. The summed E-state index contributed by atoms with van der Waals surface area (Å²) in [6, 6.07) is 8.80. The zero-order chi connectivity index (χ0) is 22.8. The van der Waals surface area contributed by atoms with Gasteiger partial charge in [-0.1, -0.05) is 51.0 Å². The van der Waals surface area contributed by atoms with Gasteiger partial charge in [0, 0.05) is 58.8 Å². The number of benzene rings is 1. The molecule has 2 N–H and O–H groups in total. The maximum Gasteiger partial charge on any atom is 0.223 e. The molecule has 33 heavy (non-hydrogen) atoms. The van der Waals surface area contributed by atoms with Crippen LogP contribution < -0.4 is 10.6 Å². The second-order valence-electron chi connectivity index (χ2n) is 8.79. The fourth-order valence-corrected chi connectivity index (χ4v) is 4.87. The van der Waals surface area contributed by atoms with E-state index in [-0.39, 0.29) is 29.9 Å². The summed E-state index contributed by atoms with van der Waals surface area (Å²) < 4.78 is 5.55. The monoisotopic (exact) mass is 571 g/mol. The third-order valence-electron chi connectivity index (χ3n) is 6.86. The Labute approximate surface area is 216 Å². The molecule has 1 amide bonds. The highest BCUT2D eigenvalue weighted by Gasteiger charge is 2.27. The minimum absolute atomic E-state index is 0. The first-order chi connectivity index (χ1) is 15.7. The highest BCUT2D eigenvalue weighted by molar-refractivity contribution is 14.0. The predicted octanol–water partition coefficient (Wildman–Crippen LogP) is 3.23. The standard InChI is InChI=1S/C25H41N5O2.HI/c1-4-20(5-2)23(29-13-15-32-16-14-29)17-28-25(26-3)27-12-8-11-24(31)30-18-21-9-6-7-10-22(21)19-30;/h6-7,9-10,20,23H,4-5,8,11-19H2,1-3H3,(H2,26,27,28);1H. The highest BCUT2D eigenvalue weighted by atomic mass is 127. The van der Waals surface area contributed by atoms with Crippen molar-refractivity contribution >= 4 is 35.8 Å². The molecule has 7 nitrogen and oxygen atoms in total. The number of halogens is 1.